The highest BCUT2D eigenvalue weighted by atomic mass is 16.3. The molecule has 0 aliphatic carbocycles. The number of fused-ring (bicyclic) bond motifs is 6. The third kappa shape index (κ3) is 3.94. The van der Waals surface area contributed by atoms with Gasteiger partial charge in [-0.3, -0.25) is 0 Å². The Bertz CT molecular complexity index is 2420. The average Bonchev–Trinajstić information content (AvgIpc) is 3.64. The predicted octanol–water partition coefficient (Wildman–Crippen LogP) is 9.18. The zero-order chi connectivity index (χ0) is 29.0. The van der Waals surface area contributed by atoms with Crippen molar-refractivity contribution in [3.05, 3.63) is 162 Å². The van der Waals surface area contributed by atoms with Gasteiger partial charge >= 0.3 is 0 Å². The first-order valence-corrected chi connectivity index (χ1v) is 14.8. The maximum Gasteiger partial charge on any atom is 0.159 e. The molecule has 0 bridgehead atoms. The minimum atomic E-state index is -0.291. The predicted molar refractivity (Wildman–Crippen MR) is 180 cm³/mol. The minimum Gasteiger partial charge on any atom is -0.456 e. The van der Waals surface area contributed by atoms with Crippen LogP contribution in [0.2, 0.25) is 0 Å². The van der Waals surface area contributed by atoms with Crippen LogP contribution in [0.4, 0.5) is 0 Å². The zero-order valence-corrected chi connectivity index (χ0v) is 23.7. The first kappa shape index (κ1) is 24.6. The lowest BCUT2D eigenvalue weighted by Gasteiger charge is -2.23. The molecule has 0 amide bonds. The van der Waals surface area contributed by atoms with Crippen molar-refractivity contribution in [1.29, 1.82) is 0 Å². The van der Waals surface area contributed by atoms with Gasteiger partial charge in [0.2, 0.25) is 0 Å². The Morgan fingerprint density at radius 2 is 1.20 bits per heavy atom. The van der Waals surface area contributed by atoms with E-state index in [9.17, 15) is 0 Å². The van der Waals surface area contributed by atoms with Crippen molar-refractivity contribution >= 4 is 55.4 Å². The largest absolute Gasteiger partial charge is 0.456 e. The summed E-state index contributed by atoms with van der Waals surface area (Å²) in [6.45, 7) is 0. The first-order chi connectivity index (χ1) is 21.8. The highest BCUT2D eigenvalue weighted by molar-refractivity contribution is 6.17. The van der Waals surface area contributed by atoms with Crippen LogP contribution in [0.15, 0.2) is 160 Å². The third-order valence-corrected chi connectivity index (χ3v) is 8.46. The highest BCUT2D eigenvalue weighted by Gasteiger charge is 2.23. The van der Waals surface area contributed by atoms with Crippen LogP contribution in [0.3, 0.4) is 0 Å². The van der Waals surface area contributed by atoms with E-state index in [4.69, 9.17) is 14.4 Å². The molecule has 1 aliphatic heterocycles. The molecule has 1 N–H and O–H groups in total. The SMILES string of the molecule is c1ccc(C2N=C(c3ccc4c(c3)oc3ccccc34)N=C(c3ccc4c5ccccc5n(-c5ccccc5)c4c3)N2)cc1. The van der Waals surface area contributed by atoms with Crippen LogP contribution in [0.1, 0.15) is 22.9 Å². The lowest BCUT2D eigenvalue weighted by atomic mass is 10.1. The number of nitrogens with zero attached hydrogens (tertiary/aromatic N) is 3. The summed E-state index contributed by atoms with van der Waals surface area (Å²) in [6, 6.07) is 50.4. The van der Waals surface area contributed by atoms with Crippen LogP contribution in [0.5, 0.6) is 0 Å². The summed E-state index contributed by atoms with van der Waals surface area (Å²) < 4.78 is 8.55. The zero-order valence-electron chi connectivity index (χ0n) is 23.7. The molecule has 8 aromatic rings. The number of hydrogen-bond donors (Lipinski definition) is 1. The number of rotatable bonds is 4. The van der Waals surface area contributed by atoms with E-state index in [0.29, 0.717) is 5.84 Å². The summed E-state index contributed by atoms with van der Waals surface area (Å²) in [5.41, 5.74) is 8.11. The number of benzene rings is 6. The molecule has 9 rings (SSSR count). The number of nitrogens with one attached hydrogen (secondary N) is 1. The van der Waals surface area contributed by atoms with Crippen LogP contribution >= 0.6 is 0 Å². The second kappa shape index (κ2) is 9.82. The smallest absolute Gasteiger partial charge is 0.159 e. The van der Waals surface area contributed by atoms with E-state index in [1.54, 1.807) is 0 Å². The van der Waals surface area contributed by atoms with E-state index in [2.05, 4.69) is 119 Å². The van der Waals surface area contributed by atoms with Gasteiger partial charge in [0, 0.05) is 38.4 Å². The maximum atomic E-state index is 6.22. The number of hydrogen-bond acceptors (Lipinski definition) is 4. The Morgan fingerprint density at radius 3 is 2.07 bits per heavy atom. The fourth-order valence-electron chi connectivity index (χ4n) is 6.37. The molecule has 1 aliphatic rings. The van der Waals surface area contributed by atoms with Gasteiger partial charge in [0.1, 0.15) is 23.2 Å². The quantitative estimate of drug-likeness (QED) is 0.231. The average molecular weight is 567 g/mol. The Kier molecular flexibility index (Phi) is 5.50. The third-order valence-electron chi connectivity index (χ3n) is 8.46. The molecule has 5 heteroatoms. The number of aliphatic imine (C=N–C) groups is 2. The van der Waals surface area contributed by atoms with Gasteiger partial charge in [-0.1, -0.05) is 103 Å². The molecule has 3 heterocycles. The standard InChI is InChI=1S/C39H26N4O/c1-3-11-25(12-4-1)37-40-38(42-39(41-37)27-20-22-32-31-16-8-10-18-35(31)44-36(32)24-27)26-19-21-30-29-15-7-9-17-33(29)43(34(30)23-26)28-13-5-2-6-14-28/h1-24,37H,(H,40,41,42). The summed E-state index contributed by atoms with van der Waals surface area (Å²) in [5, 5.41) is 8.25. The molecular weight excluding hydrogens is 540 g/mol. The van der Waals surface area contributed by atoms with Gasteiger partial charge in [0.25, 0.3) is 0 Å². The molecule has 5 nitrogen and oxygen atoms in total. The molecular formula is C39H26N4O. The molecule has 2 aromatic heterocycles. The van der Waals surface area contributed by atoms with Crippen LogP contribution in [0.25, 0.3) is 49.4 Å². The van der Waals surface area contributed by atoms with E-state index in [1.165, 1.54) is 16.3 Å². The van der Waals surface area contributed by atoms with Crippen LogP contribution in [-0.2, 0) is 0 Å². The van der Waals surface area contributed by atoms with Crippen LogP contribution in [0, 0.1) is 0 Å². The van der Waals surface area contributed by atoms with E-state index in [-0.39, 0.29) is 6.17 Å². The Labute approximate surface area is 253 Å². The van der Waals surface area contributed by atoms with Gasteiger partial charge in [0.05, 0.1) is 11.0 Å². The first-order valence-electron chi connectivity index (χ1n) is 14.8. The maximum absolute atomic E-state index is 6.22. The van der Waals surface area contributed by atoms with Gasteiger partial charge in [-0.2, -0.15) is 0 Å². The summed E-state index contributed by atoms with van der Waals surface area (Å²) in [6.07, 6.45) is -0.291. The minimum absolute atomic E-state index is 0.291. The Balaban J connectivity index is 1.22. The second-order valence-corrected chi connectivity index (χ2v) is 11.1. The summed E-state index contributed by atoms with van der Waals surface area (Å²) in [4.78, 5) is 10.2. The van der Waals surface area contributed by atoms with Crippen molar-refractivity contribution in [2.75, 3.05) is 0 Å². The highest BCUT2D eigenvalue weighted by Crippen LogP contribution is 2.34. The molecule has 0 saturated carbocycles. The molecule has 208 valence electrons. The normalized spacial score (nSPS) is 15.0. The number of aromatic nitrogens is 1. The number of amidine groups is 2. The Morgan fingerprint density at radius 1 is 0.545 bits per heavy atom. The molecule has 0 saturated heterocycles. The van der Waals surface area contributed by atoms with Gasteiger partial charge in [0.15, 0.2) is 5.84 Å². The van der Waals surface area contributed by atoms with E-state index >= 15 is 0 Å². The van der Waals surface area contributed by atoms with Crippen molar-refractivity contribution in [2.45, 2.75) is 6.17 Å². The van der Waals surface area contributed by atoms with E-state index < -0.39 is 0 Å². The summed E-state index contributed by atoms with van der Waals surface area (Å²) in [5.74, 6) is 1.44. The van der Waals surface area contributed by atoms with Crippen molar-refractivity contribution in [3.63, 3.8) is 0 Å². The van der Waals surface area contributed by atoms with Crippen LogP contribution < -0.4 is 5.32 Å². The van der Waals surface area contributed by atoms with E-state index in [1.807, 2.05) is 36.4 Å². The van der Waals surface area contributed by atoms with Crippen molar-refractivity contribution in [3.8, 4) is 5.69 Å². The van der Waals surface area contributed by atoms with Gasteiger partial charge < -0.3 is 14.3 Å². The number of furan rings is 1. The van der Waals surface area contributed by atoms with Gasteiger partial charge in [-0.15, -0.1) is 0 Å². The lowest BCUT2D eigenvalue weighted by Crippen LogP contribution is -2.33. The number of para-hydroxylation sites is 3. The second-order valence-electron chi connectivity index (χ2n) is 11.1. The molecule has 0 spiro atoms. The molecule has 0 fully saturated rings. The topological polar surface area (TPSA) is 54.8 Å². The van der Waals surface area contributed by atoms with Crippen molar-refractivity contribution in [2.24, 2.45) is 9.98 Å². The molecule has 0 radical (unpaired) electrons. The van der Waals surface area contributed by atoms with Gasteiger partial charge in [-0.05, 0) is 48.0 Å². The summed E-state index contributed by atoms with van der Waals surface area (Å²) >= 11 is 0. The molecule has 44 heavy (non-hydrogen) atoms. The summed E-state index contributed by atoms with van der Waals surface area (Å²) in [7, 11) is 0. The van der Waals surface area contributed by atoms with Crippen molar-refractivity contribution < 1.29 is 4.42 Å². The lowest BCUT2D eigenvalue weighted by molar-refractivity contribution is 0.667. The molecule has 1 unspecified atom stereocenters. The van der Waals surface area contributed by atoms with E-state index in [0.717, 1.165) is 55.7 Å². The van der Waals surface area contributed by atoms with Crippen LogP contribution in [-0.4, -0.2) is 16.2 Å². The van der Waals surface area contributed by atoms with Gasteiger partial charge in [-0.25, -0.2) is 9.98 Å². The monoisotopic (exact) mass is 566 g/mol. The Hall–Kier alpha value is -5.94. The fraction of sp³-hybridized carbons (Fsp3) is 0.0256. The van der Waals surface area contributed by atoms with Crippen molar-refractivity contribution in [1.82, 2.24) is 9.88 Å². The molecule has 6 aromatic carbocycles. The molecule has 1 atom stereocenters. The fourth-order valence-corrected chi connectivity index (χ4v) is 6.37.